The number of nitrogens with one attached hydrogen (secondary N) is 1. The van der Waals surface area contributed by atoms with Gasteiger partial charge < -0.3 is 15.0 Å². The number of anilines is 2. The van der Waals surface area contributed by atoms with Crippen molar-refractivity contribution in [3.63, 3.8) is 0 Å². The van der Waals surface area contributed by atoms with Crippen LogP contribution >= 0.6 is 23.2 Å². The van der Waals surface area contributed by atoms with Crippen molar-refractivity contribution in [1.82, 2.24) is 0 Å². The Morgan fingerprint density at radius 2 is 1.63 bits per heavy atom. The maximum atomic E-state index is 15.0. The van der Waals surface area contributed by atoms with Crippen LogP contribution in [0.25, 0.3) is 5.57 Å². The first-order valence-electron chi connectivity index (χ1n) is 13.9. The van der Waals surface area contributed by atoms with Gasteiger partial charge in [-0.2, -0.15) is 0 Å². The highest BCUT2D eigenvalue weighted by Crippen LogP contribution is 2.59. The van der Waals surface area contributed by atoms with Crippen molar-refractivity contribution in [2.24, 2.45) is 5.92 Å². The number of methoxy groups -OCH3 is 1. The van der Waals surface area contributed by atoms with Crippen LogP contribution in [0.2, 0.25) is 10.0 Å². The molecule has 1 amide bonds. The third-order valence-electron chi connectivity index (χ3n) is 9.01. The van der Waals surface area contributed by atoms with Crippen LogP contribution in [0.3, 0.4) is 0 Å². The van der Waals surface area contributed by atoms with E-state index in [4.69, 9.17) is 27.9 Å². The Morgan fingerprint density at radius 3 is 2.37 bits per heavy atom. The first-order chi connectivity index (χ1) is 20.8. The Hall–Kier alpha value is -4.39. The average molecular weight is 610 g/mol. The molecule has 4 aromatic rings. The largest absolute Gasteiger partial charge is 0.497 e. The van der Waals surface area contributed by atoms with E-state index in [2.05, 4.69) is 5.32 Å². The number of para-hydroxylation sites is 2. The van der Waals surface area contributed by atoms with E-state index >= 15 is 0 Å². The molecule has 0 aromatic heterocycles. The van der Waals surface area contributed by atoms with Crippen LogP contribution in [-0.4, -0.2) is 36.7 Å². The molecule has 8 heteroatoms. The maximum Gasteiger partial charge on any atom is 0.238 e. The summed E-state index contributed by atoms with van der Waals surface area (Å²) in [5, 5.41) is 3.58. The molecule has 1 saturated heterocycles. The molecular formula is C35H26Cl2N2O4. The lowest BCUT2D eigenvalue weighted by molar-refractivity contribution is -0.121. The Balaban J connectivity index is 1.55. The first-order valence-corrected chi connectivity index (χ1v) is 14.7. The summed E-state index contributed by atoms with van der Waals surface area (Å²) in [4.78, 5) is 46.2. The van der Waals surface area contributed by atoms with Gasteiger partial charge in [-0.15, -0.1) is 0 Å². The molecule has 4 atom stereocenters. The predicted molar refractivity (Wildman–Crippen MR) is 169 cm³/mol. The summed E-state index contributed by atoms with van der Waals surface area (Å²) in [7, 11) is 1.56. The molecule has 0 radical (unpaired) electrons. The molecule has 214 valence electrons. The summed E-state index contributed by atoms with van der Waals surface area (Å²) in [6.45, 7) is 1.99. The third kappa shape index (κ3) is 3.90. The monoisotopic (exact) mass is 608 g/mol. The molecule has 0 unspecified atom stereocenters. The van der Waals surface area contributed by atoms with Crippen LogP contribution < -0.4 is 15.0 Å². The zero-order valence-corrected chi connectivity index (χ0v) is 24.8. The van der Waals surface area contributed by atoms with Crippen molar-refractivity contribution in [2.45, 2.75) is 24.4 Å². The number of ketones is 2. The number of allylic oxidation sites excluding steroid dienone is 1. The maximum absolute atomic E-state index is 15.0. The number of halogens is 2. The summed E-state index contributed by atoms with van der Waals surface area (Å²) >= 11 is 12.8. The molecule has 0 bridgehead atoms. The number of hydrogen-bond donors (Lipinski definition) is 1. The van der Waals surface area contributed by atoms with Gasteiger partial charge in [0.25, 0.3) is 0 Å². The summed E-state index contributed by atoms with van der Waals surface area (Å²) in [5.74, 6) is -1.56. The molecule has 3 aliphatic rings. The van der Waals surface area contributed by atoms with Crippen molar-refractivity contribution in [1.29, 1.82) is 0 Å². The number of amides is 1. The van der Waals surface area contributed by atoms with Crippen LogP contribution in [0.1, 0.15) is 38.8 Å². The number of nitrogens with zero attached hydrogens (tertiary/aromatic N) is 1. The van der Waals surface area contributed by atoms with Gasteiger partial charge in [-0.1, -0.05) is 65.7 Å². The fourth-order valence-corrected chi connectivity index (χ4v) is 7.67. The van der Waals surface area contributed by atoms with Crippen molar-refractivity contribution in [2.75, 3.05) is 17.3 Å². The molecule has 1 N–H and O–H groups in total. The molecule has 0 aliphatic carbocycles. The Morgan fingerprint density at radius 1 is 0.907 bits per heavy atom. The summed E-state index contributed by atoms with van der Waals surface area (Å²) < 4.78 is 5.33. The lowest BCUT2D eigenvalue weighted by atomic mass is 9.64. The van der Waals surface area contributed by atoms with Crippen LogP contribution in [0.5, 0.6) is 5.75 Å². The fourth-order valence-electron chi connectivity index (χ4n) is 7.17. The Kier molecular flexibility index (Phi) is 6.45. The van der Waals surface area contributed by atoms with Crippen molar-refractivity contribution in [3.8, 4) is 5.75 Å². The van der Waals surface area contributed by atoms with E-state index in [1.54, 1.807) is 43.5 Å². The van der Waals surface area contributed by atoms with Crippen LogP contribution in [0.15, 0.2) is 97.1 Å². The van der Waals surface area contributed by atoms with E-state index in [-0.39, 0.29) is 22.3 Å². The second-order valence-electron chi connectivity index (χ2n) is 11.1. The number of benzene rings is 4. The zero-order valence-electron chi connectivity index (χ0n) is 23.3. The van der Waals surface area contributed by atoms with E-state index in [9.17, 15) is 14.4 Å². The molecule has 3 aliphatic heterocycles. The Bertz CT molecular complexity index is 1870. The smallest absolute Gasteiger partial charge is 0.238 e. The van der Waals surface area contributed by atoms with Gasteiger partial charge in [-0.25, -0.2) is 0 Å². The lowest BCUT2D eigenvalue weighted by Crippen LogP contribution is -2.51. The highest BCUT2D eigenvalue weighted by molar-refractivity contribution is 6.37. The number of rotatable bonds is 5. The van der Waals surface area contributed by atoms with Gasteiger partial charge in [0.15, 0.2) is 11.6 Å². The molecule has 4 aromatic carbocycles. The van der Waals surface area contributed by atoms with Gasteiger partial charge in [0.1, 0.15) is 17.2 Å². The quantitative estimate of drug-likeness (QED) is 0.242. The minimum atomic E-state index is -1.43. The number of hydrogen-bond acceptors (Lipinski definition) is 5. The second-order valence-corrected chi connectivity index (χ2v) is 11.9. The normalized spacial score (nSPS) is 23.3. The van der Waals surface area contributed by atoms with Crippen molar-refractivity contribution < 1.29 is 19.1 Å². The van der Waals surface area contributed by atoms with Gasteiger partial charge in [0, 0.05) is 33.1 Å². The molecule has 3 heterocycles. The summed E-state index contributed by atoms with van der Waals surface area (Å²) in [5.41, 5.74) is 3.15. The average Bonchev–Trinajstić information content (AvgIpc) is 3.49. The van der Waals surface area contributed by atoms with E-state index in [0.717, 1.165) is 16.8 Å². The standard InChI is InChI=1S/C35H26Cl2N2O4/c1-19-17-29-35(25-8-4-5-9-27(25)38-34(35)42)30(33(41)24-16-13-21(36)18-26(24)37)31(39(29)28-10-6-3-7-23(19)28)32(40)20-11-14-22(43-2)15-12-20/h3-18,29-31H,1-2H3,(H,38,42)/t29-,30+,31+,35-/m0/s1. The second kappa shape index (κ2) is 10.1. The van der Waals surface area contributed by atoms with Gasteiger partial charge >= 0.3 is 0 Å². The molecular weight excluding hydrogens is 583 g/mol. The van der Waals surface area contributed by atoms with Gasteiger partial charge in [0.2, 0.25) is 5.91 Å². The van der Waals surface area contributed by atoms with Gasteiger partial charge in [-0.05, 0) is 72.7 Å². The van der Waals surface area contributed by atoms with E-state index in [1.165, 1.54) is 6.07 Å². The molecule has 1 fully saturated rings. The SMILES string of the molecule is COc1ccc(C(=O)[C@H]2[C@H](C(=O)c3ccc(Cl)cc3Cl)[C@@]3(C(=O)Nc4ccccc43)[C@@H]3C=C(C)c4ccccc4N32)cc1. The molecule has 7 rings (SSSR count). The molecule has 0 saturated carbocycles. The summed E-state index contributed by atoms with van der Waals surface area (Å²) in [6, 6.07) is 25.0. The third-order valence-corrected chi connectivity index (χ3v) is 9.55. The number of fused-ring (bicyclic) bond motifs is 6. The fraction of sp³-hybridized carbons (Fsp3) is 0.171. The predicted octanol–water partition coefficient (Wildman–Crippen LogP) is 7.25. The van der Waals surface area contributed by atoms with Crippen molar-refractivity contribution >= 4 is 57.6 Å². The van der Waals surface area contributed by atoms with Gasteiger partial charge in [-0.3, -0.25) is 14.4 Å². The number of ether oxygens (including phenoxy) is 1. The van der Waals surface area contributed by atoms with E-state index in [1.807, 2.05) is 66.4 Å². The zero-order chi connectivity index (χ0) is 30.0. The van der Waals surface area contributed by atoms with Crippen LogP contribution in [-0.2, 0) is 10.2 Å². The van der Waals surface area contributed by atoms with Crippen molar-refractivity contribution in [3.05, 3.63) is 129 Å². The molecule has 1 spiro atoms. The minimum absolute atomic E-state index is 0.159. The van der Waals surface area contributed by atoms with Gasteiger partial charge in [0.05, 0.1) is 24.1 Å². The molecule has 6 nitrogen and oxygen atoms in total. The highest BCUT2D eigenvalue weighted by atomic mass is 35.5. The topological polar surface area (TPSA) is 75.7 Å². The number of carbonyl (C=O) groups excluding carboxylic acids is 3. The highest BCUT2D eigenvalue weighted by Gasteiger charge is 2.70. The van der Waals surface area contributed by atoms with Crippen LogP contribution in [0.4, 0.5) is 11.4 Å². The Labute approximate surface area is 258 Å². The number of carbonyl (C=O) groups is 3. The number of Topliss-reactive ketones (excluding diaryl/α,β-unsaturated/α-hetero) is 2. The summed E-state index contributed by atoms with van der Waals surface area (Å²) in [6.07, 6.45) is 2.02. The van der Waals surface area contributed by atoms with Crippen LogP contribution in [0, 0.1) is 5.92 Å². The van der Waals surface area contributed by atoms with E-state index < -0.39 is 29.2 Å². The lowest BCUT2D eigenvalue weighted by Gasteiger charge is -2.39. The molecule has 43 heavy (non-hydrogen) atoms. The first kappa shape index (κ1) is 27.4. The van der Waals surface area contributed by atoms with E-state index in [0.29, 0.717) is 27.6 Å². The minimum Gasteiger partial charge on any atom is -0.497 e.